The van der Waals surface area contributed by atoms with Crippen LogP contribution in [0.15, 0.2) is 223 Å². The molecule has 0 saturated carbocycles. The largest absolute Gasteiger partial charge is 0.455 e. The number of hydrogen-bond donors (Lipinski definition) is 0. The maximum Gasteiger partial charge on any atom is 0.143 e. The summed E-state index contributed by atoms with van der Waals surface area (Å²) >= 11 is 0. The first-order chi connectivity index (χ1) is 30.9. The number of rotatable bonds is 6. The number of fused-ring (bicyclic) bond motifs is 9. The van der Waals surface area contributed by atoms with Crippen molar-refractivity contribution in [2.24, 2.45) is 0 Å². The molecule has 0 N–H and O–H groups in total. The first-order valence-electron chi connectivity index (χ1n) is 21.9. The molecular weight excluding hydrogens is 717 g/mol. The Hall–Kier alpha value is -7.88. The van der Waals surface area contributed by atoms with Gasteiger partial charge in [0.05, 0.1) is 22.2 Å². The molecule has 12 rings (SSSR count). The summed E-state index contributed by atoms with van der Waals surface area (Å²) in [5, 5.41) is 8.24. The van der Waals surface area contributed by atoms with Gasteiger partial charge in [-0.05, 0) is 106 Å². The van der Waals surface area contributed by atoms with E-state index in [9.17, 15) is 5.48 Å². The van der Waals surface area contributed by atoms with E-state index in [1.165, 1.54) is 5.39 Å². The third-order valence-corrected chi connectivity index (χ3v) is 11.7. The highest BCUT2D eigenvalue weighted by atomic mass is 16.3. The number of anilines is 3. The van der Waals surface area contributed by atoms with Crippen molar-refractivity contribution in [2.45, 2.75) is 0 Å². The van der Waals surface area contributed by atoms with Crippen LogP contribution in [-0.2, 0) is 0 Å². The average molecular weight is 757 g/mol. The minimum atomic E-state index is -0.151. The van der Waals surface area contributed by atoms with Gasteiger partial charge in [-0.25, -0.2) is 0 Å². The Balaban J connectivity index is 1.12. The van der Waals surface area contributed by atoms with E-state index in [4.69, 9.17) is 4.42 Å². The smallest absolute Gasteiger partial charge is 0.143 e. The third-order valence-electron chi connectivity index (χ3n) is 11.7. The minimum Gasteiger partial charge on any atom is -0.455 e. The van der Waals surface area contributed by atoms with Crippen molar-refractivity contribution in [3.05, 3.63) is 218 Å². The highest BCUT2D eigenvalue weighted by molar-refractivity contribution is 6.20. The van der Waals surface area contributed by atoms with E-state index in [1.807, 2.05) is 131 Å². The van der Waals surface area contributed by atoms with Crippen molar-refractivity contribution in [1.29, 1.82) is 0 Å². The molecule has 0 aliphatic heterocycles. The van der Waals surface area contributed by atoms with Crippen molar-refractivity contribution >= 4 is 82.4 Å². The third kappa shape index (κ3) is 5.36. The lowest BCUT2D eigenvalue weighted by atomic mass is 9.93. The SMILES string of the molecule is [2H]c1c([2H])c(-n2c3ccccc3c3ccccc32)c([2H])c([2H])c1N(c1ccc(-c2ccc3ccccc3c2)cc1)c1ccccc1-c1cc2c3ccccc3oc2c2ccccc12. The van der Waals surface area contributed by atoms with Gasteiger partial charge >= 0.3 is 0 Å². The van der Waals surface area contributed by atoms with Gasteiger partial charge in [-0.1, -0.05) is 146 Å². The van der Waals surface area contributed by atoms with Gasteiger partial charge in [0, 0.05) is 49.6 Å². The van der Waals surface area contributed by atoms with Gasteiger partial charge in [0.2, 0.25) is 0 Å². The van der Waals surface area contributed by atoms with Gasteiger partial charge in [0.1, 0.15) is 11.2 Å². The molecule has 0 aliphatic rings. The molecule has 10 aromatic carbocycles. The summed E-state index contributed by atoms with van der Waals surface area (Å²) in [5.74, 6) is 0. The Bertz CT molecular complexity index is 3730. The van der Waals surface area contributed by atoms with Gasteiger partial charge in [-0.2, -0.15) is 0 Å². The molecule has 2 heterocycles. The van der Waals surface area contributed by atoms with Crippen molar-refractivity contribution in [3.8, 4) is 27.9 Å². The topological polar surface area (TPSA) is 21.3 Å². The molecule has 0 radical (unpaired) electrons. The van der Waals surface area contributed by atoms with Crippen molar-refractivity contribution < 1.29 is 9.90 Å². The van der Waals surface area contributed by atoms with Gasteiger partial charge in [-0.15, -0.1) is 0 Å². The molecule has 2 aromatic heterocycles. The van der Waals surface area contributed by atoms with Crippen LogP contribution in [0.4, 0.5) is 17.1 Å². The summed E-state index contributed by atoms with van der Waals surface area (Å²) in [6, 6.07) is 64.8. The van der Waals surface area contributed by atoms with E-state index in [-0.39, 0.29) is 35.5 Å². The van der Waals surface area contributed by atoms with E-state index >= 15 is 0 Å². The Morgan fingerprint density at radius 3 is 1.76 bits per heavy atom. The fourth-order valence-corrected chi connectivity index (χ4v) is 8.91. The van der Waals surface area contributed by atoms with Crippen LogP contribution < -0.4 is 4.90 Å². The zero-order chi connectivity index (χ0) is 42.3. The molecule has 0 aliphatic carbocycles. The molecule has 0 amide bonds. The van der Waals surface area contributed by atoms with Crippen LogP contribution in [-0.4, -0.2) is 4.57 Å². The van der Waals surface area contributed by atoms with E-state index in [1.54, 1.807) is 0 Å². The Morgan fingerprint density at radius 1 is 0.407 bits per heavy atom. The molecule has 0 spiro atoms. The van der Waals surface area contributed by atoms with E-state index in [0.29, 0.717) is 11.4 Å². The van der Waals surface area contributed by atoms with Crippen LogP contribution in [0.1, 0.15) is 5.48 Å². The zero-order valence-electron chi connectivity index (χ0n) is 35.8. The zero-order valence-corrected chi connectivity index (χ0v) is 31.8. The van der Waals surface area contributed by atoms with Gasteiger partial charge in [-0.3, -0.25) is 0 Å². The van der Waals surface area contributed by atoms with Gasteiger partial charge in [0.15, 0.2) is 0 Å². The quantitative estimate of drug-likeness (QED) is 0.168. The van der Waals surface area contributed by atoms with Crippen LogP contribution in [0.2, 0.25) is 0 Å². The minimum absolute atomic E-state index is 0.135. The van der Waals surface area contributed by atoms with Crippen LogP contribution in [0, 0.1) is 0 Å². The number of para-hydroxylation sites is 4. The second-order valence-corrected chi connectivity index (χ2v) is 15.0. The van der Waals surface area contributed by atoms with Crippen molar-refractivity contribution in [1.82, 2.24) is 4.57 Å². The molecule has 0 fully saturated rings. The van der Waals surface area contributed by atoms with E-state index in [2.05, 4.69) is 72.8 Å². The fraction of sp³-hybridized carbons (Fsp3) is 0. The first kappa shape index (κ1) is 29.4. The number of nitrogens with zero attached hydrogens (tertiary/aromatic N) is 2. The number of benzene rings is 10. The van der Waals surface area contributed by atoms with Gasteiger partial charge < -0.3 is 13.9 Å². The normalized spacial score (nSPS) is 12.7. The summed E-state index contributed by atoms with van der Waals surface area (Å²) in [4.78, 5) is 1.91. The van der Waals surface area contributed by atoms with E-state index < -0.39 is 0 Å². The molecule has 3 nitrogen and oxygen atoms in total. The molecule has 276 valence electrons. The number of hydrogen-bond acceptors (Lipinski definition) is 2. The monoisotopic (exact) mass is 756 g/mol. The predicted octanol–water partition coefficient (Wildman–Crippen LogP) is 15.8. The van der Waals surface area contributed by atoms with Crippen molar-refractivity contribution in [2.75, 3.05) is 4.90 Å². The van der Waals surface area contributed by atoms with Crippen LogP contribution in [0.25, 0.3) is 93.2 Å². The van der Waals surface area contributed by atoms with Gasteiger partial charge in [0.25, 0.3) is 0 Å². The van der Waals surface area contributed by atoms with Crippen LogP contribution in [0.5, 0.6) is 0 Å². The standard InChI is InChI=1S/C56H36N2O/c1-2-14-39-35-40(26-25-37(39)13-1)38-27-29-41(30-28-38)57(42-31-33-43(34-32-42)58-53-22-10-5-16-45(53)46-17-6-11-23-54(46)58)52-21-9-7-18-47(52)50-36-51-48-19-8-12-24-55(48)59-56(51)49-20-4-3-15-44(49)50/h1-36H/i31D,32D,33D,34D. The molecule has 0 unspecified atom stereocenters. The molecular formula is C56H36N2O. The Kier molecular flexibility index (Phi) is 6.65. The molecule has 0 bridgehead atoms. The molecule has 59 heavy (non-hydrogen) atoms. The van der Waals surface area contributed by atoms with Crippen molar-refractivity contribution in [3.63, 3.8) is 0 Å². The summed E-state index contributed by atoms with van der Waals surface area (Å²) in [6.07, 6.45) is 0. The predicted molar refractivity (Wildman–Crippen MR) is 249 cm³/mol. The second kappa shape index (κ2) is 13.4. The summed E-state index contributed by atoms with van der Waals surface area (Å²) < 4.78 is 47.7. The summed E-state index contributed by atoms with van der Waals surface area (Å²) in [7, 11) is 0. The first-order valence-corrected chi connectivity index (χ1v) is 19.9. The molecule has 0 saturated heterocycles. The van der Waals surface area contributed by atoms with Crippen LogP contribution in [0.3, 0.4) is 0 Å². The highest BCUT2D eigenvalue weighted by Gasteiger charge is 2.21. The summed E-state index contributed by atoms with van der Waals surface area (Å²) in [6.45, 7) is 0. The lowest BCUT2D eigenvalue weighted by Crippen LogP contribution is -2.11. The average Bonchev–Trinajstić information content (AvgIpc) is 3.88. The van der Waals surface area contributed by atoms with Crippen LogP contribution >= 0.6 is 0 Å². The molecule has 0 atom stereocenters. The van der Waals surface area contributed by atoms with E-state index in [0.717, 1.165) is 82.2 Å². The Morgan fingerprint density at radius 2 is 1.00 bits per heavy atom. The number of furan rings is 1. The maximum absolute atomic E-state index is 9.90. The lowest BCUT2D eigenvalue weighted by molar-refractivity contribution is 0.672. The Labute approximate surface area is 346 Å². The lowest BCUT2D eigenvalue weighted by Gasteiger charge is -2.28. The molecule has 3 heteroatoms. The second-order valence-electron chi connectivity index (χ2n) is 15.0. The maximum atomic E-state index is 9.90. The highest BCUT2D eigenvalue weighted by Crippen LogP contribution is 2.46. The fourth-order valence-electron chi connectivity index (χ4n) is 8.91. The number of aromatic nitrogens is 1. The molecule has 12 aromatic rings. The summed E-state index contributed by atoms with van der Waals surface area (Å²) in [5.41, 5.74) is 8.90.